The summed E-state index contributed by atoms with van der Waals surface area (Å²) in [4.78, 5) is 15.2. The zero-order chi connectivity index (χ0) is 13.0. The lowest BCUT2D eigenvalue weighted by Gasteiger charge is -2.13. The van der Waals surface area contributed by atoms with E-state index in [2.05, 4.69) is 25.7 Å². The van der Waals surface area contributed by atoms with E-state index in [-0.39, 0.29) is 28.9 Å². The number of alkyl halides is 3. The van der Waals surface area contributed by atoms with Crippen LogP contribution in [0.3, 0.4) is 0 Å². The van der Waals surface area contributed by atoms with Crippen LogP contribution >= 0.6 is 15.9 Å². The van der Waals surface area contributed by atoms with E-state index in [9.17, 15) is 13.6 Å². The second kappa shape index (κ2) is 5.90. The topological polar surface area (TPSA) is 65.2 Å². The van der Waals surface area contributed by atoms with E-state index in [0.29, 0.717) is 0 Å². The van der Waals surface area contributed by atoms with Crippen molar-refractivity contribution in [2.75, 3.05) is 12.3 Å². The first-order chi connectivity index (χ1) is 8.02. The van der Waals surface area contributed by atoms with Gasteiger partial charge in [0.2, 0.25) is 0 Å². The molecule has 0 spiro atoms. The molecule has 94 valence electrons. The number of nitrogens with two attached hydrogens (primary N) is 1. The Morgan fingerprint density at radius 2 is 2.29 bits per heavy atom. The van der Waals surface area contributed by atoms with E-state index in [4.69, 9.17) is 5.73 Å². The monoisotopic (exact) mass is 308 g/mol. The van der Waals surface area contributed by atoms with Gasteiger partial charge >= 0.3 is 5.97 Å². The standard InChI is InChI=1S/C10H11BrF2N2O2/c1-2-17-10(16)6-4-15-9(14)5(3-11)7(6)8(12)13/h4,8H,2-3H2,1H3,(H2,14,15). The average Bonchev–Trinajstić information content (AvgIpc) is 2.28. The number of nitrogens with zero attached hydrogens (tertiary/aromatic N) is 1. The molecule has 2 N–H and O–H groups in total. The molecular weight excluding hydrogens is 298 g/mol. The fourth-order valence-corrected chi connectivity index (χ4v) is 1.93. The maximum absolute atomic E-state index is 12.9. The number of esters is 1. The van der Waals surface area contributed by atoms with Gasteiger partial charge in [-0.2, -0.15) is 0 Å². The van der Waals surface area contributed by atoms with Crippen molar-refractivity contribution in [1.82, 2.24) is 4.98 Å². The van der Waals surface area contributed by atoms with Gasteiger partial charge in [0.15, 0.2) is 0 Å². The highest BCUT2D eigenvalue weighted by atomic mass is 79.9. The molecule has 0 bridgehead atoms. The second-order valence-corrected chi connectivity index (χ2v) is 3.66. The minimum absolute atomic E-state index is 0.0229. The number of carbonyl (C=O) groups is 1. The predicted molar refractivity (Wildman–Crippen MR) is 62.2 cm³/mol. The van der Waals surface area contributed by atoms with Gasteiger partial charge in [-0.1, -0.05) is 15.9 Å². The van der Waals surface area contributed by atoms with Crippen LogP contribution in [0, 0.1) is 0 Å². The van der Waals surface area contributed by atoms with Gasteiger partial charge in [-0.05, 0) is 6.92 Å². The molecule has 0 fully saturated rings. The van der Waals surface area contributed by atoms with Gasteiger partial charge in [-0.25, -0.2) is 18.6 Å². The fourth-order valence-electron chi connectivity index (χ4n) is 1.34. The Morgan fingerprint density at radius 1 is 1.65 bits per heavy atom. The third kappa shape index (κ3) is 2.91. The number of carbonyl (C=O) groups excluding carboxylic acids is 1. The molecule has 0 aliphatic rings. The van der Waals surface area contributed by atoms with Crippen LogP contribution < -0.4 is 5.73 Å². The van der Waals surface area contributed by atoms with E-state index in [0.717, 1.165) is 6.20 Å². The zero-order valence-electron chi connectivity index (χ0n) is 9.04. The number of nitrogen functional groups attached to an aromatic ring is 1. The molecule has 1 rings (SSSR count). The van der Waals surface area contributed by atoms with Crippen LogP contribution in [-0.4, -0.2) is 17.6 Å². The van der Waals surface area contributed by atoms with Crippen molar-refractivity contribution in [3.05, 3.63) is 22.9 Å². The molecular formula is C10H11BrF2N2O2. The number of rotatable bonds is 4. The van der Waals surface area contributed by atoms with Crippen LogP contribution in [0.4, 0.5) is 14.6 Å². The van der Waals surface area contributed by atoms with Crippen LogP contribution in [0.25, 0.3) is 0 Å². The highest BCUT2D eigenvalue weighted by Gasteiger charge is 2.25. The minimum atomic E-state index is -2.81. The summed E-state index contributed by atoms with van der Waals surface area (Å²) in [5.41, 5.74) is 4.93. The Morgan fingerprint density at radius 3 is 2.76 bits per heavy atom. The lowest BCUT2D eigenvalue weighted by atomic mass is 10.1. The smallest absolute Gasteiger partial charge is 0.340 e. The zero-order valence-corrected chi connectivity index (χ0v) is 10.6. The van der Waals surface area contributed by atoms with E-state index in [1.807, 2.05) is 0 Å². The van der Waals surface area contributed by atoms with E-state index in [1.54, 1.807) is 6.92 Å². The predicted octanol–water partition coefficient (Wildman–Crippen LogP) is 2.67. The van der Waals surface area contributed by atoms with Gasteiger partial charge in [-0.15, -0.1) is 0 Å². The first-order valence-electron chi connectivity index (χ1n) is 4.81. The summed E-state index contributed by atoms with van der Waals surface area (Å²) >= 11 is 3.04. The highest BCUT2D eigenvalue weighted by molar-refractivity contribution is 9.08. The van der Waals surface area contributed by atoms with Crippen LogP contribution in [0.5, 0.6) is 0 Å². The molecule has 0 saturated carbocycles. The van der Waals surface area contributed by atoms with E-state index >= 15 is 0 Å². The minimum Gasteiger partial charge on any atom is -0.462 e. The lowest BCUT2D eigenvalue weighted by Crippen LogP contribution is -2.13. The number of ether oxygens (including phenoxy) is 1. The fraction of sp³-hybridized carbons (Fsp3) is 0.400. The number of hydrogen-bond acceptors (Lipinski definition) is 4. The molecule has 17 heavy (non-hydrogen) atoms. The Bertz CT molecular complexity index is 427. The largest absolute Gasteiger partial charge is 0.462 e. The van der Waals surface area contributed by atoms with Gasteiger partial charge in [0.25, 0.3) is 6.43 Å². The summed E-state index contributed by atoms with van der Waals surface area (Å²) in [6, 6.07) is 0. The van der Waals surface area contributed by atoms with Crippen LogP contribution in [-0.2, 0) is 10.1 Å². The maximum atomic E-state index is 12.9. The van der Waals surface area contributed by atoms with Gasteiger partial charge < -0.3 is 10.5 Å². The normalized spacial score (nSPS) is 10.6. The maximum Gasteiger partial charge on any atom is 0.340 e. The van der Waals surface area contributed by atoms with Gasteiger partial charge in [0.1, 0.15) is 5.82 Å². The van der Waals surface area contributed by atoms with Crippen molar-refractivity contribution >= 4 is 27.7 Å². The first kappa shape index (κ1) is 13.8. The summed E-state index contributed by atoms with van der Waals surface area (Å²) in [5.74, 6) is -0.845. The third-order valence-electron chi connectivity index (χ3n) is 2.10. The molecule has 0 atom stereocenters. The molecule has 4 nitrogen and oxygen atoms in total. The number of aromatic nitrogens is 1. The molecule has 1 aromatic heterocycles. The summed E-state index contributed by atoms with van der Waals surface area (Å²) in [6.45, 7) is 1.70. The molecule has 0 aromatic carbocycles. The highest BCUT2D eigenvalue weighted by Crippen LogP contribution is 2.31. The Labute approximate surface area is 105 Å². The third-order valence-corrected chi connectivity index (χ3v) is 2.67. The van der Waals surface area contributed by atoms with Crippen LogP contribution in [0.2, 0.25) is 0 Å². The first-order valence-corrected chi connectivity index (χ1v) is 5.93. The Kier molecular flexibility index (Phi) is 4.80. The quantitative estimate of drug-likeness (QED) is 0.686. The molecule has 0 aliphatic carbocycles. The van der Waals surface area contributed by atoms with Crippen LogP contribution in [0.1, 0.15) is 34.8 Å². The number of anilines is 1. The van der Waals surface area contributed by atoms with Gasteiger partial charge in [-0.3, -0.25) is 0 Å². The summed E-state index contributed by atoms with van der Waals surface area (Å²) in [5, 5.41) is 0.0960. The SMILES string of the molecule is CCOC(=O)c1cnc(N)c(CBr)c1C(F)F. The Balaban J connectivity index is 3.35. The van der Waals surface area contributed by atoms with Gasteiger partial charge in [0, 0.05) is 22.7 Å². The summed E-state index contributed by atoms with van der Waals surface area (Å²) in [6.07, 6.45) is -1.80. The van der Waals surface area contributed by atoms with Crippen molar-refractivity contribution in [2.24, 2.45) is 0 Å². The van der Waals surface area contributed by atoms with Crippen molar-refractivity contribution in [3.63, 3.8) is 0 Å². The van der Waals surface area contributed by atoms with Crippen LogP contribution in [0.15, 0.2) is 6.20 Å². The molecule has 0 radical (unpaired) electrons. The van der Waals surface area contributed by atoms with Crippen molar-refractivity contribution < 1.29 is 18.3 Å². The second-order valence-electron chi connectivity index (χ2n) is 3.10. The summed E-state index contributed by atoms with van der Waals surface area (Å²) < 4.78 is 30.6. The molecule has 7 heteroatoms. The number of pyridine rings is 1. The van der Waals surface area contributed by atoms with Crippen molar-refractivity contribution in [2.45, 2.75) is 18.7 Å². The van der Waals surface area contributed by atoms with E-state index in [1.165, 1.54) is 0 Å². The number of halogens is 3. The number of hydrogen-bond donors (Lipinski definition) is 1. The Hall–Kier alpha value is -1.24. The molecule has 0 aliphatic heterocycles. The van der Waals surface area contributed by atoms with Crippen molar-refractivity contribution in [1.29, 1.82) is 0 Å². The van der Waals surface area contributed by atoms with Crippen molar-refractivity contribution in [3.8, 4) is 0 Å². The molecule has 0 saturated heterocycles. The summed E-state index contributed by atoms with van der Waals surface area (Å²) in [7, 11) is 0. The van der Waals surface area contributed by atoms with Gasteiger partial charge in [0.05, 0.1) is 12.2 Å². The van der Waals surface area contributed by atoms with E-state index < -0.39 is 18.0 Å². The molecule has 1 heterocycles. The average molecular weight is 309 g/mol. The molecule has 0 unspecified atom stereocenters. The molecule has 0 amide bonds. The lowest BCUT2D eigenvalue weighted by molar-refractivity contribution is 0.0514. The molecule has 1 aromatic rings.